The van der Waals surface area contributed by atoms with E-state index in [4.69, 9.17) is 9.72 Å². The van der Waals surface area contributed by atoms with E-state index in [1.54, 1.807) is 24.2 Å². The maximum atomic E-state index is 11.8. The molecule has 1 saturated heterocycles. The molecule has 128 valence electrons. The molecule has 0 aromatic carbocycles. The second kappa shape index (κ2) is 7.53. The number of aromatic nitrogens is 4. The Kier molecular flexibility index (Phi) is 5.20. The predicted octanol–water partition coefficient (Wildman–Crippen LogP) is 1.30. The van der Waals surface area contributed by atoms with Gasteiger partial charge in [-0.25, -0.2) is 4.98 Å². The van der Waals surface area contributed by atoms with Crippen LogP contribution in [0, 0.1) is 5.92 Å². The summed E-state index contributed by atoms with van der Waals surface area (Å²) in [5.41, 5.74) is 2.81. The molecular formula is C17H23N5O2. The summed E-state index contributed by atoms with van der Waals surface area (Å²) in [6.07, 6.45) is 8.25. The Morgan fingerprint density at radius 3 is 2.79 bits per heavy atom. The van der Waals surface area contributed by atoms with E-state index in [0.29, 0.717) is 5.92 Å². The third-order valence-corrected chi connectivity index (χ3v) is 4.50. The predicted molar refractivity (Wildman–Crippen MR) is 89.1 cm³/mol. The van der Waals surface area contributed by atoms with Gasteiger partial charge >= 0.3 is 0 Å². The van der Waals surface area contributed by atoms with Crippen molar-refractivity contribution in [3.05, 3.63) is 30.4 Å². The van der Waals surface area contributed by atoms with Crippen molar-refractivity contribution in [1.29, 1.82) is 0 Å². The summed E-state index contributed by atoms with van der Waals surface area (Å²) in [6, 6.07) is 1.94. The number of nitrogens with zero attached hydrogens (tertiary/aromatic N) is 5. The monoisotopic (exact) mass is 329 g/mol. The zero-order valence-corrected chi connectivity index (χ0v) is 14.2. The van der Waals surface area contributed by atoms with Gasteiger partial charge in [-0.15, -0.1) is 0 Å². The molecule has 0 spiro atoms. The highest BCUT2D eigenvalue weighted by Gasteiger charge is 2.23. The smallest absolute Gasteiger partial charge is 0.248 e. The number of carbonyl (C=O) groups excluding carboxylic acids is 1. The van der Waals surface area contributed by atoms with E-state index in [1.807, 2.05) is 24.2 Å². The lowest BCUT2D eigenvalue weighted by molar-refractivity contribution is -0.136. The zero-order valence-electron chi connectivity index (χ0n) is 14.2. The summed E-state index contributed by atoms with van der Waals surface area (Å²) < 4.78 is 6.72. The van der Waals surface area contributed by atoms with Crippen LogP contribution in [-0.4, -0.2) is 57.4 Å². The number of aryl methyl sites for hydroxylation is 1. The highest BCUT2D eigenvalue weighted by atomic mass is 16.5. The van der Waals surface area contributed by atoms with E-state index in [9.17, 15) is 4.79 Å². The fraction of sp³-hybridized carbons (Fsp3) is 0.529. The molecule has 3 rings (SSSR count). The number of hydrogen-bond donors (Lipinski definition) is 0. The Labute approximate surface area is 141 Å². The first kappa shape index (κ1) is 16.6. The molecule has 24 heavy (non-hydrogen) atoms. The molecule has 0 atom stereocenters. The van der Waals surface area contributed by atoms with Crippen LogP contribution in [0.5, 0.6) is 0 Å². The number of amides is 1. The summed E-state index contributed by atoms with van der Waals surface area (Å²) in [5, 5.41) is 4.18. The first-order chi connectivity index (χ1) is 11.7. The van der Waals surface area contributed by atoms with Crippen LogP contribution in [0.15, 0.2) is 24.7 Å². The molecule has 7 heteroatoms. The molecule has 0 radical (unpaired) electrons. The normalized spacial score (nSPS) is 15.7. The lowest BCUT2D eigenvalue weighted by atomic mass is 9.92. The van der Waals surface area contributed by atoms with Crippen molar-refractivity contribution in [3.8, 4) is 11.4 Å². The fourth-order valence-electron chi connectivity index (χ4n) is 3.15. The highest BCUT2D eigenvalue weighted by Crippen LogP contribution is 2.22. The van der Waals surface area contributed by atoms with Gasteiger partial charge in [0.05, 0.1) is 17.6 Å². The quantitative estimate of drug-likeness (QED) is 0.827. The molecule has 1 aliphatic heterocycles. The van der Waals surface area contributed by atoms with Gasteiger partial charge in [0.15, 0.2) is 0 Å². The van der Waals surface area contributed by atoms with Crippen molar-refractivity contribution >= 4 is 5.91 Å². The summed E-state index contributed by atoms with van der Waals surface area (Å²) in [6.45, 7) is 1.76. The van der Waals surface area contributed by atoms with Crippen molar-refractivity contribution in [1.82, 2.24) is 24.6 Å². The van der Waals surface area contributed by atoms with Gasteiger partial charge in [0.1, 0.15) is 12.3 Å². The van der Waals surface area contributed by atoms with E-state index < -0.39 is 0 Å². The fourth-order valence-corrected chi connectivity index (χ4v) is 3.15. The average Bonchev–Trinajstić information content (AvgIpc) is 3.02. The largest absolute Gasteiger partial charge is 0.375 e. The van der Waals surface area contributed by atoms with Gasteiger partial charge in [-0.3, -0.25) is 14.5 Å². The van der Waals surface area contributed by atoms with Gasteiger partial charge in [0.2, 0.25) is 5.91 Å². The molecule has 1 aliphatic rings. The van der Waals surface area contributed by atoms with E-state index in [2.05, 4.69) is 10.1 Å². The summed E-state index contributed by atoms with van der Waals surface area (Å²) in [4.78, 5) is 22.8. The van der Waals surface area contributed by atoms with Crippen LogP contribution in [0.25, 0.3) is 11.4 Å². The van der Waals surface area contributed by atoms with Crippen molar-refractivity contribution in [3.63, 3.8) is 0 Å². The third kappa shape index (κ3) is 3.79. The van der Waals surface area contributed by atoms with Gasteiger partial charge in [-0.05, 0) is 31.2 Å². The minimum Gasteiger partial charge on any atom is -0.375 e. The molecule has 1 amide bonds. The van der Waals surface area contributed by atoms with Crippen molar-refractivity contribution in [2.75, 3.05) is 26.8 Å². The van der Waals surface area contributed by atoms with Crippen LogP contribution in [0.3, 0.4) is 0 Å². The lowest BCUT2D eigenvalue weighted by Gasteiger charge is -2.31. The van der Waals surface area contributed by atoms with Crippen LogP contribution < -0.4 is 0 Å². The van der Waals surface area contributed by atoms with Crippen LogP contribution in [0.1, 0.15) is 18.5 Å². The van der Waals surface area contributed by atoms with E-state index >= 15 is 0 Å². The number of piperidine rings is 1. The SMILES string of the molecule is COCC(=O)N1CCC(Cc2cncc(-c3ccnn3C)n2)CC1. The minimum atomic E-state index is 0.0777. The minimum absolute atomic E-state index is 0.0777. The van der Waals surface area contributed by atoms with Crippen LogP contribution in [0.4, 0.5) is 0 Å². The number of rotatable bonds is 5. The Morgan fingerprint density at radius 1 is 1.33 bits per heavy atom. The molecule has 0 unspecified atom stereocenters. The zero-order chi connectivity index (χ0) is 16.9. The highest BCUT2D eigenvalue weighted by molar-refractivity contribution is 5.77. The molecule has 3 heterocycles. The van der Waals surface area contributed by atoms with E-state index in [0.717, 1.165) is 49.4 Å². The maximum Gasteiger partial charge on any atom is 0.248 e. The molecule has 2 aromatic rings. The molecule has 2 aromatic heterocycles. The van der Waals surface area contributed by atoms with Crippen molar-refractivity contribution in [2.24, 2.45) is 13.0 Å². The van der Waals surface area contributed by atoms with Crippen molar-refractivity contribution in [2.45, 2.75) is 19.3 Å². The van der Waals surface area contributed by atoms with Crippen LogP contribution >= 0.6 is 0 Å². The Bertz CT molecular complexity index is 692. The Hall–Kier alpha value is -2.28. The maximum absolute atomic E-state index is 11.8. The number of methoxy groups -OCH3 is 1. The number of hydrogen-bond acceptors (Lipinski definition) is 5. The van der Waals surface area contributed by atoms with Crippen molar-refractivity contribution < 1.29 is 9.53 Å². The van der Waals surface area contributed by atoms with E-state index in [-0.39, 0.29) is 12.5 Å². The Balaban J connectivity index is 1.60. The van der Waals surface area contributed by atoms with Gasteiger partial charge in [0.25, 0.3) is 0 Å². The summed E-state index contributed by atoms with van der Waals surface area (Å²) >= 11 is 0. The number of carbonyl (C=O) groups is 1. The molecule has 0 saturated carbocycles. The summed E-state index contributed by atoms with van der Waals surface area (Å²) in [5.74, 6) is 0.613. The van der Waals surface area contributed by atoms with Gasteiger partial charge in [-0.2, -0.15) is 5.10 Å². The summed E-state index contributed by atoms with van der Waals surface area (Å²) in [7, 11) is 3.45. The second-order valence-electron chi connectivity index (χ2n) is 6.20. The van der Waals surface area contributed by atoms with Crippen LogP contribution in [-0.2, 0) is 23.0 Å². The lowest BCUT2D eigenvalue weighted by Crippen LogP contribution is -2.40. The average molecular weight is 329 g/mol. The number of likely N-dealkylation sites (tertiary alicyclic amines) is 1. The van der Waals surface area contributed by atoms with Gasteiger partial charge in [0, 0.05) is 39.6 Å². The molecule has 0 N–H and O–H groups in total. The molecule has 7 nitrogen and oxygen atoms in total. The standard InChI is InChI=1S/C17H23N5O2/c1-21-16(3-6-19-21)15-11-18-10-14(20-15)9-13-4-7-22(8-5-13)17(23)12-24-2/h3,6,10-11,13H,4-5,7-9,12H2,1-2H3. The third-order valence-electron chi connectivity index (χ3n) is 4.50. The molecule has 1 fully saturated rings. The van der Waals surface area contributed by atoms with Gasteiger partial charge in [-0.1, -0.05) is 0 Å². The first-order valence-electron chi connectivity index (χ1n) is 8.23. The van der Waals surface area contributed by atoms with E-state index in [1.165, 1.54) is 0 Å². The molecule has 0 bridgehead atoms. The van der Waals surface area contributed by atoms with Gasteiger partial charge < -0.3 is 9.64 Å². The Morgan fingerprint density at radius 2 is 2.12 bits per heavy atom. The second-order valence-corrected chi connectivity index (χ2v) is 6.20. The first-order valence-corrected chi connectivity index (χ1v) is 8.23. The molecule has 0 aliphatic carbocycles. The number of ether oxygens (including phenoxy) is 1. The van der Waals surface area contributed by atoms with Crippen LogP contribution in [0.2, 0.25) is 0 Å². The molecular weight excluding hydrogens is 306 g/mol. The topological polar surface area (TPSA) is 73.1 Å².